The highest BCUT2D eigenvalue weighted by Gasteiger charge is 2.05. The monoisotopic (exact) mass is 204 g/mol. The fourth-order valence-corrected chi connectivity index (χ4v) is 1.43. The lowest BCUT2D eigenvalue weighted by Gasteiger charge is -2.12. The lowest BCUT2D eigenvalue weighted by Crippen LogP contribution is -2.21. The Morgan fingerprint density at radius 2 is 2.20 bits per heavy atom. The molecule has 0 radical (unpaired) electrons. The summed E-state index contributed by atoms with van der Waals surface area (Å²) in [6.07, 6.45) is 1.26. The van der Waals surface area contributed by atoms with Crippen LogP contribution in [-0.4, -0.2) is 5.91 Å². The average Bonchev–Trinajstić information content (AvgIpc) is 2.23. The first-order valence-electron chi connectivity index (χ1n) is 4.81. The number of amides is 1. The number of anilines is 1. The number of hydrogen-bond acceptors (Lipinski definition) is 2. The number of carbonyl (C=O) groups is 1. The zero-order valence-electron chi connectivity index (χ0n) is 9.13. The molecule has 1 aromatic carbocycles. The number of benzene rings is 1. The maximum atomic E-state index is 11.0. The van der Waals surface area contributed by atoms with Crippen LogP contribution in [-0.2, 0) is 11.3 Å². The van der Waals surface area contributed by atoms with E-state index in [4.69, 9.17) is 5.73 Å². The van der Waals surface area contributed by atoms with E-state index in [1.165, 1.54) is 6.08 Å². The smallest absolute Gasteiger partial charge is 0.243 e. The zero-order chi connectivity index (χ0) is 11.4. The molecule has 0 aliphatic carbocycles. The van der Waals surface area contributed by atoms with E-state index in [0.717, 1.165) is 22.4 Å². The number of rotatable bonds is 3. The first kappa shape index (κ1) is 11.3. The SMILES string of the molecule is C=CC(=O)NCc1c(C)ccc(N)c1C. The molecule has 0 fully saturated rings. The van der Waals surface area contributed by atoms with Crippen molar-refractivity contribution in [3.63, 3.8) is 0 Å². The van der Waals surface area contributed by atoms with E-state index >= 15 is 0 Å². The molecule has 0 saturated heterocycles. The van der Waals surface area contributed by atoms with Crippen LogP contribution in [0, 0.1) is 13.8 Å². The van der Waals surface area contributed by atoms with Gasteiger partial charge in [-0.2, -0.15) is 0 Å². The van der Waals surface area contributed by atoms with Gasteiger partial charge in [0.25, 0.3) is 0 Å². The Morgan fingerprint density at radius 3 is 2.80 bits per heavy atom. The third-order valence-corrected chi connectivity index (χ3v) is 2.50. The minimum atomic E-state index is -0.170. The van der Waals surface area contributed by atoms with Gasteiger partial charge in [0.15, 0.2) is 0 Å². The second-order valence-corrected chi connectivity index (χ2v) is 3.50. The highest BCUT2D eigenvalue weighted by molar-refractivity contribution is 5.86. The molecular formula is C12H16N2O. The van der Waals surface area contributed by atoms with Crippen molar-refractivity contribution in [1.29, 1.82) is 0 Å². The van der Waals surface area contributed by atoms with Gasteiger partial charge in [0, 0.05) is 12.2 Å². The van der Waals surface area contributed by atoms with Crippen molar-refractivity contribution in [2.45, 2.75) is 20.4 Å². The summed E-state index contributed by atoms with van der Waals surface area (Å²) in [5, 5.41) is 2.74. The van der Waals surface area contributed by atoms with Crippen molar-refractivity contribution in [3.05, 3.63) is 41.5 Å². The summed E-state index contributed by atoms with van der Waals surface area (Å²) in [4.78, 5) is 11.0. The maximum Gasteiger partial charge on any atom is 0.243 e. The van der Waals surface area contributed by atoms with Crippen molar-refractivity contribution in [2.24, 2.45) is 0 Å². The van der Waals surface area contributed by atoms with Crippen LogP contribution in [0.5, 0.6) is 0 Å². The molecule has 1 amide bonds. The van der Waals surface area contributed by atoms with Gasteiger partial charge in [-0.1, -0.05) is 12.6 Å². The van der Waals surface area contributed by atoms with Gasteiger partial charge in [0.2, 0.25) is 5.91 Å². The molecule has 3 nitrogen and oxygen atoms in total. The lowest BCUT2D eigenvalue weighted by molar-refractivity contribution is -0.116. The van der Waals surface area contributed by atoms with Crippen LogP contribution >= 0.6 is 0 Å². The largest absolute Gasteiger partial charge is 0.399 e. The zero-order valence-corrected chi connectivity index (χ0v) is 9.13. The van der Waals surface area contributed by atoms with Crippen LogP contribution in [0.1, 0.15) is 16.7 Å². The molecule has 0 aliphatic heterocycles. The van der Waals surface area contributed by atoms with E-state index in [9.17, 15) is 4.79 Å². The topological polar surface area (TPSA) is 55.1 Å². The highest BCUT2D eigenvalue weighted by Crippen LogP contribution is 2.19. The van der Waals surface area contributed by atoms with Gasteiger partial charge in [-0.15, -0.1) is 0 Å². The predicted molar refractivity (Wildman–Crippen MR) is 62.4 cm³/mol. The molecule has 1 aromatic rings. The van der Waals surface area contributed by atoms with Crippen LogP contribution in [0.25, 0.3) is 0 Å². The summed E-state index contributed by atoms with van der Waals surface area (Å²) in [5.74, 6) is -0.170. The number of hydrogen-bond donors (Lipinski definition) is 2. The van der Waals surface area contributed by atoms with Crippen LogP contribution in [0.3, 0.4) is 0 Å². The molecule has 3 heteroatoms. The summed E-state index contributed by atoms with van der Waals surface area (Å²) >= 11 is 0. The van der Waals surface area contributed by atoms with Crippen LogP contribution in [0.4, 0.5) is 5.69 Å². The van der Waals surface area contributed by atoms with Gasteiger partial charge in [0.1, 0.15) is 0 Å². The van der Waals surface area contributed by atoms with Gasteiger partial charge in [-0.25, -0.2) is 0 Å². The highest BCUT2D eigenvalue weighted by atomic mass is 16.1. The van der Waals surface area contributed by atoms with Crippen molar-refractivity contribution in [3.8, 4) is 0 Å². The number of nitrogens with one attached hydrogen (secondary N) is 1. The standard InChI is InChI=1S/C12H16N2O/c1-4-12(15)14-7-10-8(2)5-6-11(13)9(10)3/h4-6H,1,7,13H2,2-3H3,(H,14,15). The van der Waals surface area contributed by atoms with E-state index < -0.39 is 0 Å². The van der Waals surface area contributed by atoms with Crippen molar-refractivity contribution in [2.75, 3.05) is 5.73 Å². The molecule has 0 spiro atoms. The van der Waals surface area contributed by atoms with Gasteiger partial charge in [-0.05, 0) is 42.7 Å². The third kappa shape index (κ3) is 2.59. The molecule has 0 heterocycles. The first-order chi connectivity index (χ1) is 7.06. The van der Waals surface area contributed by atoms with E-state index in [0.29, 0.717) is 6.54 Å². The Morgan fingerprint density at radius 1 is 1.53 bits per heavy atom. The summed E-state index contributed by atoms with van der Waals surface area (Å²) in [6, 6.07) is 3.83. The van der Waals surface area contributed by atoms with Crippen LogP contribution in [0.15, 0.2) is 24.8 Å². The Labute approximate surface area is 90.0 Å². The number of carbonyl (C=O) groups excluding carboxylic acids is 1. The summed E-state index contributed by atoms with van der Waals surface area (Å²) in [6.45, 7) is 7.85. The van der Waals surface area contributed by atoms with Crippen LogP contribution in [0.2, 0.25) is 0 Å². The fraction of sp³-hybridized carbons (Fsp3) is 0.250. The fourth-order valence-electron chi connectivity index (χ4n) is 1.43. The molecule has 0 bridgehead atoms. The molecule has 0 aromatic heterocycles. The van der Waals surface area contributed by atoms with Gasteiger partial charge >= 0.3 is 0 Å². The van der Waals surface area contributed by atoms with E-state index in [-0.39, 0.29) is 5.91 Å². The van der Waals surface area contributed by atoms with E-state index in [2.05, 4.69) is 11.9 Å². The minimum absolute atomic E-state index is 0.170. The summed E-state index contributed by atoms with van der Waals surface area (Å²) in [5.41, 5.74) is 9.78. The van der Waals surface area contributed by atoms with Crippen molar-refractivity contribution >= 4 is 11.6 Å². The summed E-state index contributed by atoms with van der Waals surface area (Å²) < 4.78 is 0. The van der Waals surface area contributed by atoms with E-state index in [1.807, 2.05) is 26.0 Å². The van der Waals surface area contributed by atoms with Gasteiger partial charge < -0.3 is 11.1 Å². The lowest BCUT2D eigenvalue weighted by atomic mass is 10.0. The van der Waals surface area contributed by atoms with Crippen molar-refractivity contribution < 1.29 is 4.79 Å². The average molecular weight is 204 g/mol. The maximum absolute atomic E-state index is 11.0. The first-order valence-corrected chi connectivity index (χ1v) is 4.81. The molecular weight excluding hydrogens is 188 g/mol. The van der Waals surface area contributed by atoms with E-state index in [1.54, 1.807) is 0 Å². The number of aryl methyl sites for hydroxylation is 1. The third-order valence-electron chi connectivity index (χ3n) is 2.50. The predicted octanol–water partition coefficient (Wildman–Crippen LogP) is 1.69. The Kier molecular flexibility index (Phi) is 3.50. The molecule has 80 valence electrons. The molecule has 0 saturated carbocycles. The molecule has 0 atom stereocenters. The molecule has 3 N–H and O–H groups in total. The Bertz CT molecular complexity index is 397. The Balaban J connectivity index is 2.89. The summed E-state index contributed by atoms with van der Waals surface area (Å²) in [7, 11) is 0. The number of nitrogen functional groups attached to an aromatic ring is 1. The second-order valence-electron chi connectivity index (χ2n) is 3.50. The minimum Gasteiger partial charge on any atom is -0.399 e. The Hall–Kier alpha value is -1.77. The molecule has 1 rings (SSSR count). The van der Waals surface area contributed by atoms with Crippen molar-refractivity contribution in [1.82, 2.24) is 5.32 Å². The molecule has 15 heavy (non-hydrogen) atoms. The quantitative estimate of drug-likeness (QED) is 0.581. The second kappa shape index (κ2) is 4.64. The van der Waals surface area contributed by atoms with Gasteiger partial charge in [-0.3, -0.25) is 4.79 Å². The van der Waals surface area contributed by atoms with Gasteiger partial charge in [0.05, 0.1) is 0 Å². The van der Waals surface area contributed by atoms with Crippen LogP contribution < -0.4 is 11.1 Å². The normalized spacial score (nSPS) is 9.73. The number of nitrogens with two attached hydrogens (primary N) is 1. The molecule has 0 aliphatic rings. The molecule has 0 unspecified atom stereocenters.